The minimum atomic E-state index is -3.78. The number of hydrogen-bond acceptors (Lipinski definition) is 7. The lowest BCUT2D eigenvalue weighted by Gasteiger charge is -2.20. The molecule has 1 saturated carbocycles. The number of aromatic nitrogens is 2. The minimum absolute atomic E-state index is 0.0452. The number of anilines is 1. The normalized spacial score (nSPS) is 15.8. The molecule has 3 aromatic heterocycles. The number of aryl methyl sites for hydroxylation is 1. The van der Waals surface area contributed by atoms with Gasteiger partial charge in [-0.15, -0.1) is 11.3 Å². The van der Waals surface area contributed by atoms with Crippen LogP contribution < -0.4 is 10.9 Å². The first-order chi connectivity index (χ1) is 14.9. The number of sulfone groups is 1. The summed E-state index contributed by atoms with van der Waals surface area (Å²) in [5.74, 6) is -1.10. The van der Waals surface area contributed by atoms with Gasteiger partial charge in [-0.25, -0.2) is 13.4 Å². The summed E-state index contributed by atoms with van der Waals surface area (Å²) in [6.45, 7) is 1.63. The van der Waals surface area contributed by atoms with E-state index in [-0.39, 0.29) is 16.9 Å². The minimum Gasteiger partial charge on any atom is -0.469 e. The van der Waals surface area contributed by atoms with E-state index in [1.165, 1.54) is 23.7 Å². The number of carbonyl (C=O) groups is 1. The van der Waals surface area contributed by atoms with E-state index in [1.54, 1.807) is 30.6 Å². The Hall–Kier alpha value is -2.72. The van der Waals surface area contributed by atoms with Gasteiger partial charge in [0, 0.05) is 29.3 Å². The second-order valence-electron chi connectivity index (χ2n) is 7.67. The lowest BCUT2D eigenvalue weighted by atomic mass is 9.94. The average Bonchev–Trinajstić information content (AvgIpc) is 3.48. The molecule has 0 spiro atoms. The van der Waals surface area contributed by atoms with Gasteiger partial charge < -0.3 is 14.7 Å². The van der Waals surface area contributed by atoms with E-state index in [9.17, 15) is 18.0 Å². The monoisotopic (exact) mass is 461 g/mol. The molecule has 164 valence electrons. The number of furan rings is 1. The Labute approximate surface area is 183 Å². The van der Waals surface area contributed by atoms with Gasteiger partial charge in [0.2, 0.25) is 5.91 Å². The van der Waals surface area contributed by atoms with Crippen LogP contribution in [0.3, 0.4) is 0 Å². The van der Waals surface area contributed by atoms with Gasteiger partial charge in [0.25, 0.3) is 5.56 Å². The smallest absolute Gasteiger partial charge is 0.253 e. The van der Waals surface area contributed by atoms with Crippen molar-refractivity contribution in [3.8, 4) is 0 Å². The van der Waals surface area contributed by atoms with Gasteiger partial charge in [0.1, 0.15) is 5.76 Å². The number of nitrogens with zero attached hydrogens (tertiary/aromatic N) is 1. The molecule has 10 heteroatoms. The predicted octanol–water partition coefficient (Wildman–Crippen LogP) is 3.41. The van der Waals surface area contributed by atoms with Crippen molar-refractivity contribution >= 4 is 32.2 Å². The van der Waals surface area contributed by atoms with Gasteiger partial charge >= 0.3 is 0 Å². The molecule has 1 atom stereocenters. The molecule has 0 aliphatic heterocycles. The van der Waals surface area contributed by atoms with Crippen molar-refractivity contribution in [1.82, 2.24) is 9.97 Å². The predicted molar refractivity (Wildman–Crippen MR) is 117 cm³/mol. The van der Waals surface area contributed by atoms with Gasteiger partial charge in [-0.05, 0) is 38.0 Å². The highest BCUT2D eigenvalue weighted by Gasteiger charge is 2.37. The van der Waals surface area contributed by atoms with E-state index in [0.717, 1.165) is 12.8 Å². The van der Waals surface area contributed by atoms with Crippen LogP contribution in [0.25, 0.3) is 0 Å². The molecule has 1 aliphatic carbocycles. The topological polar surface area (TPSA) is 122 Å². The number of thiazole rings is 1. The zero-order chi connectivity index (χ0) is 22.0. The number of aromatic amines is 1. The number of rotatable bonds is 7. The summed E-state index contributed by atoms with van der Waals surface area (Å²) in [6.07, 6.45) is 5.85. The highest BCUT2D eigenvalue weighted by atomic mass is 32.2. The van der Waals surface area contributed by atoms with Gasteiger partial charge in [-0.1, -0.05) is 12.8 Å². The van der Waals surface area contributed by atoms with Crippen molar-refractivity contribution < 1.29 is 17.6 Å². The molecule has 31 heavy (non-hydrogen) atoms. The van der Waals surface area contributed by atoms with E-state index in [2.05, 4.69) is 15.3 Å². The average molecular weight is 462 g/mol. The van der Waals surface area contributed by atoms with E-state index in [1.807, 2.05) is 0 Å². The van der Waals surface area contributed by atoms with Crippen LogP contribution in [0.1, 0.15) is 48.6 Å². The third-order valence-corrected chi connectivity index (χ3v) is 8.52. The van der Waals surface area contributed by atoms with Crippen molar-refractivity contribution in [3.05, 3.63) is 63.4 Å². The Morgan fingerprint density at radius 1 is 1.39 bits per heavy atom. The van der Waals surface area contributed by atoms with E-state index in [0.29, 0.717) is 29.4 Å². The lowest BCUT2D eigenvalue weighted by molar-refractivity contribution is -0.117. The summed E-state index contributed by atoms with van der Waals surface area (Å²) in [5, 5.41) is 4.25. The highest BCUT2D eigenvalue weighted by molar-refractivity contribution is 7.92. The zero-order valence-electron chi connectivity index (χ0n) is 17.0. The van der Waals surface area contributed by atoms with Crippen molar-refractivity contribution in [2.45, 2.75) is 55.1 Å². The first kappa shape index (κ1) is 21.5. The molecule has 1 unspecified atom stereocenters. The Kier molecular flexibility index (Phi) is 6.10. The summed E-state index contributed by atoms with van der Waals surface area (Å²) in [4.78, 5) is 33.0. The molecule has 1 fully saturated rings. The Balaban J connectivity index is 1.83. The second-order valence-corrected chi connectivity index (χ2v) is 10.8. The molecule has 8 nitrogen and oxygen atoms in total. The zero-order valence-corrected chi connectivity index (χ0v) is 18.6. The molecule has 3 heterocycles. The van der Waals surface area contributed by atoms with Gasteiger partial charge in [0.15, 0.2) is 15.0 Å². The molecule has 1 aliphatic rings. The van der Waals surface area contributed by atoms with Crippen LogP contribution in [0.2, 0.25) is 0 Å². The van der Waals surface area contributed by atoms with Gasteiger partial charge in [0.05, 0.1) is 22.3 Å². The molecule has 1 amide bonds. The highest BCUT2D eigenvalue weighted by Crippen LogP contribution is 2.34. The largest absolute Gasteiger partial charge is 0.469 e. The summed E-state index contributed by atoms with van der Waals surface area (Å²) in [7, 11) is -3.78. The van der Waals surface area contributed by atoms with E-state index < -0.39 is 32.5 Å². The third kappa shape index (κ3) is 4.49. The fourth-order valence-electron chi connectivity index (χ4n) is 4.05. The van der Waals surface area contributed by atoms with Crippen LogP contribution in [-0.4, -0.2) is 29.5 Å². The number of amides is 1. The second kappa shape index (κ2) is 8.80. The van der Waals surface area contributed by atoms with Crippen LogP contribution in [0, 0.1) is 6.92 Å². The van der Waals surface area contributed by atoms with Crippen molar-refractivity contribution in [2.75, 3.05) is 5.32 Å². The first-order valence-electron chi connectivity index (χ1n) is 10.1. The van der Waals surface area contributed by atoms with Crippen LogP contribution >= 0.6 is 11.3 Å². The Morgan fingerprint density at radius 2 is 2.16 bits per heavy atom. The van der Waals surface area contributed by atoms with Crippen LogP contribution in [-0.2, 0) is 21.1 Å². The molecule has 3 aromatic rings. The fourth-order valence-corrected chi connectivity index (χ4v) is 6.77. The maximum Gasteiger partial charge on any atom is 0.253 e. The summed E-state index contributed by atoms with van der Waals surface area (Å²) < 4.78 is 32.4. The molecular formula is C21H23N3O5S2. The van der Waals surface area contributed by atoms with Gasteiger partial charge in [-0.3, -0.25) is 9.59 Å². The SMILES string of the molecule is Cc1cc(S(=O)(=O)C2CCCC2)c(C(Cc2ccco2)C(=O)Nc2nccs2)c(=O)[nH]1. The molecule has 0 bridgehead atoms. The number of H-pyrrole nitrogens is 1. The molecule has 0 radical (unpaired) electrons. The fraction of sp³-hybridized carbons (Fsp3) is 0.381. The standard InChI is InChI=1S/C21H23N3O5S2/c1-13-11-17(31(27,28)15-6-2-3-7-15)18(20(26)23-13)16(12-14-5-4-9-29-14)19(25)24-21-22-8-10-30-21/h4-5,8-11,15-16H,2-3,6-7,12H2,1H3,(H,23,26)(H,22,24,25). The Morgan fingerprint density at radius 3 is 2.81 bits per heavy atom. The third-order valence-electron chi connectivity index (χ3n) is 5.53. The number of carbonyl (C=O) groups excluding carboxylic acids is 1. The van der Waals surface area contributed by atoms with Crippen molar-refractivity contribution in [2.24, 2.45) is 0 Å². The Bertz CT molecular complexity index is 1210. The summed E-state index contributed by atoms with van der Waals surface area (Å²) in [5.41, 5.74) is -0.201. The molecule has 0 aromatic carbocycles. The first-order valence-corrected chi connectivity index (χ1v) is 12.5. The maximum absolute atomic E-state index is 13.5. The number of hydrogen-bond donors (Lipinski definition) is 2. The van der Waals surface area contributed by atoms with Crippen molar-refractivity contribution in [3.63, 3.8) is 0 Å². The molecule has 4 rings (SSSR count). The van der Waals surface area contributed by atoms with Crippen LogP contribution in [0.5, 0.6) is 0 Å². The maximum atomic E-state index is 13.5. The van der Waals surface area contributed by atoms with Gasteiger partial charge in [-0.2, -0.15) is 0 Å². The van der Waals surface area contributed by atoms with Crippen molar-refractivity contribution in [1.29, 1.82) is 0 Å². The molecule has 2 N–H and O–H groups in total. The van der Waals surface area contributed by atoms with Crippen LogP contribution in [0.15, 0.2) is 50.1 Å². The van der Waals surface area contributed by atoms with E-state index >= 15 is 0 Å². The quantitative estimate of drug-likeness (QED) is 0.556. The summed E-state index contributed by atoms with van der Waals surface area (Å²) >= 11 is 1.24. The van der Waals surface area contributed by atoms with Crippen LogP contribution in [0.4, 0.5) is 5.13 Å². The summed E-state index contributed by atoms with van der Waals surface area (Å²) in [6, 6.07) is 4.84. The molecule has 0 saturated heterocycles. The lowest BCUT2D eigenvalue weighted by Crippen LogP contribution is -2.32. The number of pyridine rings is 1. The van der Waals surface area contributed by atoms with E-state index in [4.69, 9.17) is 4.42 Å². The number of nitrogens with one attached hydrogen (secondary N) is 2. The molecular weight excluding hydrogens is 438 g/mol.